The molecular formula is C15H20N2O3. The molecule has 1 unspecified atom stereocenters. The number of aromatic carboxylic acids is 1. The van der Waals surface area contributed by atoms with Crippen LogP contribution in [0.15, 0.2) is 18.2 Å². The average molecular weight is 276 g/mol. The smallest absolute Gasteiger partial charge is 0.335 e. The number of carboxylic acid groups (broad SMARTS) is 1. The number of aryl methyl sites for hydroxylation is 1. The number of carboxylic acids is 1. The number of aromatic nitrogens is 2. The van der Waals surface area contributed by atoms with E-state index in [1.165, 1.54) is 0 Å². The molecule has 0 aliphatic carbocycles. The van der Waals surface area contributed by atoms with Gasteiger partial charge in [-0.3, -0.25) is 0 Å². The summed E-state index contributed by atoms with van der Waals surface area (Å²) in [5, 5.41) is 18.4. The van der Waals surface area contributed by atoms with Crippen molar-refractivity contribution in [3.8, 4) is 0 Å². The largest absolute Gasteiger partial charge is 0.478 e. The maximum Gasteiger partial charge on any atom is 0.335 e. The van der Waals surface area contributed by atoms with Crippen LogP contribution in [0.5, 0.6) is 0 Å². The molecule has 0 amide bonds. The van der Waals surface area contributed by atoms with Gasteiger partial charge in [0.2, 0.25) is 0 Å². The van der Waals surface area contributed by atoms with Gasteiger partial charge in [-0.1, -0.05) is 6.92 Å². The number of nitrogens with zero attached hydrogens (tertiary/aromatic N) is 2. The zero-order chi connectivity index (χ0) is 14.9. The second-order valence-corrected chi connectivity index (χ2v) is 5.33. The molecule has 0 bridgehead atoms. The van der Waals surface area contributed by atoms with Crippen LogP contribution in [0.1, 0.15) is 42.9 Å². The molecule has 5 nitrogen and oxygen atoms in total. The summed E-state index contributed by atoms with van der Waals surface area (Å²) in [6.45, 7) is 6.11. The molecule has 1 aromatic heterocycles. The Labute approximate surface area is 117 Å². The standard InChI is InChI=1S/C15H20N2O3/c1-4-15(3,7-8-18)17-10(2)16-12-6-5-11(14(19)20)9-13(12)17/h5-6,9,18H,4,7-8H2,1-3H3,(H,19,20). The van der Waals surface area contributed by atoms with E-state index in [4.69, 9.17) is 5.11 Å². The van der Waals surface area contributed by atoms with Crippen molar-refractivity contribution in [2.45, 2.75) is 39.2 Å². The van der Waals surface area contributed by atoms with Gasteiger partial charge in [0.1, 0.15) is 5.82 Å². The zero-order valence-corrected chi connectivity index (χ0v) is 12.1. The van der Waals surface area contributed by atoms with Crippen LogP contribution in [0.3, 0.4) is 0 Å². The van der Waals surface area contributed by atoms with Crippen molar-refractivity contribution in [1.29, 1.82) is 0 Å². The Morgan fingerprint density at radius 2 is 2.15 bits per heavy atom. The molecule has 0 aliphatic rings. The molecule has 0 aliphatic heterocycles. The van der Waals surface area contributed by atoms with Crippen LogP contribution in [-0.4, -0.2) is 32.3 Å². The highest BCUT2D eigenvalue weighted by molar-refractivity contribution is 5.92. The van der Waals surface area contributed by atoms with Crippen molar-refractivity contribution in [3.05, 3.63) is 29.6 Å². The van der Waals surface area contributed by atoms with Crippen molar-refractivity contribution in [2.24, 2.45) is 0 Å². The molecule has 20 heavy (non-hydrogen) atoms. The molecule has 0 saturated carbocycles. The van der Waals surface area contributed by atoms with Gasteiger partial charge in [0.25, 0.3) is 0 Å². The number of imidazole rings is 1. The predicted octanol–water partition coefficient (Wildman–Crippen LogP) is 2.55. The van der Waals surface area contributed by atoms with Gasteiger partial charge >= 0.3 is 5.97 Å². The Kier molecular flexibility index (Phi) is 3.81. The zero-order valence-electron chi connectivity index (χ0n) is 12.1. The number of hydrogen-bond donors (Lipinski definition) is 2. The van der Waals surface area contributed by atoms with Crippen molar-refractivity contribution < 1.29 is 15.0 Å². The van der Waals surface area contributed by atoms with Gasteiger partial charge in [0.15, 0.2) is 0 Å². The molecule has 0 spiro atoms. The van der Waals surface area contributed by atoms with Crippen molar-refractivity contribution in [3.63, 3.8) is 0 Å². The summed E-state index contributed by atoms with van der Waals surface area (Å²) in [5.74, 6) is -0.113. The van der Waals surface area contributed by atoms with E-state index in [0.717, 1.165) is 23.3 Å². The lowest BCUT2D eigenvalue weighted by Gasteiger charge is -2.31. The normalized spacial score (nSPS) is 14.4. The summed E-state index contributed by atoms with van der Waals surface area (Å²) in [6, 6.07) is 4.96. The summed E-state index contributed by atoms with van der Waals surface area (Å²) in [6.07, 6.45) is 1.43. The molecule has 2 rings (SSSR count). The average Bonchev–Trinajstić information content (AvgIpc) is 2.74. The minimum Gasteiger partial charge on any atom is -0.478 e. The van der Waals surface area contributed by atoms with Gasteiger partial charge in [-0.05, 0) is 44.9 Å². The van der Waals surface area contributed by atoms with Gasteiger partial charge in [0, 0.05) is 12.1 Å². The van der Waals surface area contributed by atoms with Crippen LogP contribution >= 0.6 is 0 Å². The van der Waals surface area contributed by atoms with Gasteiger partial charge in [0.05, 0.1) is 16.6 Å². The second-order valence-electron chi connectivity index (χ2n) is 5.33. The summed E-state index contributed by atoms with van der Waals surface area (Å²) >= 11 is 0. The first kappa shape index (κ1) is 14.5. The minimum atomic E-state index is -0.947. The number of hydrogen-bond acceptors (Lipinski definition) is 3. The lowest BCUT2D eigenvalue weighted by atomic mass is 9.94. The Hall–Kier alpha value is -1.88. The van der Waals surface area contributed by atoms with E-state index in [0.29, 0.717) is 6.42 Å². The van der Waals surface area contributed by atoms with Gasteiger partial charge in [-0.25, -0.2) is 9.78 Å². The predicted molar refractivity (Wildman–Crippen MR) is 77.1 cm³/mol. The third-order valence-electron chi connectivity index (χ3n) is 4.02. The van der Waals surface area contributed by atoms with Crippen molar-refractivity contribution in [2.75, 3.05) is 6.61 Å². The van der Waals surface area contributed by atoms with Crippen LogP contribution < -0.4 is 0 Å². The van der Waals surface area contributed by atoms with Crippen LogP contribution in [0, 0.1) is 6.92 Å². The Bertz CT molecular complexity index is 648. The molecule has 0 fully saturated rings. The molecular weight excluding hydrogens is 256 g/mol. The summed E-state index contributed by atoms with van der Waals surface area (Å²) < 4.78 is 2.05. The van der Waals surface area contributed by atoms with Crippen LogP contribution in [0.4, 0.5) is 0 Å². The topological polar surface area (TPSA) is 75.3 Å². The first-order valence-corrected chi connectivity index (χ1v) is 6.76. The molecule has 1 atom stereocenters. The molecule has 1 heterocycles. The lowest BCUT2D eigenvalue weighted by Crippen LogP contribution is -2.31. The van der Waals surface area contributed by atoms with E-state index in [-0.39, 0.29) is 17.7 Å². The Morgan fingerprint density at radius 3 is 2.70 bits per heavy atom. The summed E-state index contributed by atoms with van der Waals surface area (Å²) in [7, 11) is 0. The molecule has 2 N–H and O–H groups in total. The maximum atomic E-state index is 11.1. The first-order chi connectivity index (χ1) is 9.42. The fourth-order valence-electron chi connectivity index (χ4n) is 2.70. The maximum absolute atomic E-state index is 11.1. The molecule has 2 aromatic rings. The second kappa shape index (κ2) is 5.25. The van der Waals surface area contributed by atoms with Crippen LogP contribution in [0.25, 0.3) is 11.0 Å². The van der Waals surface area contributed by atoms with E-state index in [2.05, 4.69) is 18.8 Å². The van der Waals surface area contributed by atoms with Gasteiger partial charge < -0.3 is 14.8 Å². The van der Waals surface area contributed by atoms with Gasteiger partial charge in [-0.2, -0.15) is 0 Å². The highest BCUT2D eigenvalue weighted by Crippen LogP contribution is 2.31. The molecule has 0 radical (unpaired) electrons. The number of aliphatic hydroxyl groups excluding tert-OH is 1. The highest BCUT2D eigenvalue weighted by atomic mass is 16.4. The third-order valence-corrected chi connectivity index (χ3v) is 4.02. The van der Waals surface area contributed by atoms with E-state index in [9.17, 15) is 9.90 Å². The van der Waals surface area contributed by atoms with E-state index < -0.39 is 5.97 Å². The summed E-state index contributed by atoms with van der Waals surface area (Å²) in [5.41, 5.74) is 1.57. The molecule has 108 valence electrons. The van der Waals surface area contributed by atoms with Crippen LogP contribution in [-0.2, 0) is 5.54 Å². The van der Waals surface area contributed by atoms with E-state index >= 15 is 0 Å². The lowest BCUT2D eigenvalue weighted by molar-refractivity contribution is 0.0697. The van der Waals surface area contributed by atoms with E-state index in [1.54, 1.807) is 18.2 Å². The van der Waals surface area contributed by atoms with Crippen molar-refractivity contribution in [1.82, 2.24) is 9.55 Å². The van der Waals surface area contributed by atoms with Crippen molar-refractivity contribution >= 4 is 17.0 Å². The number of benzene rings is 1. The number of fused-ring (bicyclic) bond motifs is 1. The number of aliphatic hydroxyl groups is 1. The quantitative estimate of drug-likeness (QED) is 0.880. The number of rotatable bonds is 5. The molecule has 0 saturated heterocycles. The third kappa shape index (κ3) is 2.29. The van der Waals surface area contributed by atoms with Gasteiger partial charge in [-0.15, -0.1) is 0 Å². The SMILES string of the molecule is CCC(C)(CCO)n1c(C)nc2ccc(C(=O)O)cc21. The van der Waals surface area contributed by atoms with Crippen LogP contribution in [0.2, 0.25) is 0 Å². The number of carbonyl (C=O) groups is 1. The first-order valence-electron chi connectivity index (χ1n) is 6.76. The monoisotopic (exact) mass is 276 g/mol. The highest BCUT2D eigenvalue weighted by Gasteiger charge is 2.27. The summed E-state index contributed by atoms with van der Waals surface area (Å²) in [4.78, 5) is 15.6. The fourth-order valence-corrected chi connectivity index (χ4v) is 2.70. The fraction of sp³-hybridized carbons (Fsp3) is 0.467. The Morgan fingerprint density at radius 1 is 1.45 bits per heavy atom. The molecule has 5 heteroatoms. The van der Waals surface area contributed by atoms with E-state index in [1.807, 2.05) is 11.5 Å². The Balaban J connectivity index is 2.70. The molecule has 1 aromatic carbocycles. The minimum absolute atomic E-state index is 0.0854.